The minimum absolute atomic E-state index is 0.157. The van der Waals surface area contributed by atoms with Gasteiger partial charge in [-0.25, -0.2) is 0 Å². The first kappa shape index (κ1) is 16.9. The Morgan fingerprint density at radius 1 is 1.15 bits per heavy atom. The lowest BCUT2D eigenvalue weighted by Gasteiger charge is -2.12. The third-order valence-electron chi connectivity index (χ3n) is 3.38. The molecule has 0 radical (unpaired) electrons. The highest BCUT2D eigenvalue weighted by Gasteiger charge is 2.60. The molecule has 7 heteroatoms. The zero-order valence-electron chi connectivity index (χ0n) is 12.2. The number of nitrogens with one attached hydrogen (secondary N) is 2. The van der Waals surface area contributed by atoms with Crippen molar-refractivity contribution >= 4 is 11.8 Å². The first-order valence-electron chi connectivity index (χ1n) is 6.89. The Hall–Kier alpha value is -1.18. The van der Waals surface area contributed by atoms with Crippen LogP contribution in [0.2, 0.25) is 0 Å². The van der Waals surface area contributed by atoms with Gasteiger partial charge in [0.25, 0.3) is 0 Å². The Balaban J connectivity index is 2.23. The van der Waals surface area contributed by atoms with Crippen LogP contribution in [0, 0.1) is 5.92 Å². The molecule has 2 amide bonds. The van der Waals surface area contributed by atoms with Crippen molar-refractivity contribution in [2.75, 3.05) is 40.5 Å². The van der Waals surface area contributed by atoms with Crippen LogP contribution >= 0.6 is 0 Å². The summed E-state index contributed by atoms with van der Waals surface area (Å²) < 4.78 is 9.78. The first-order valence-corrected chi connectivity index (χ1v) is 6.89. The van der Waals surface area contributed by atoms with Crippen molar-refractivity contribution in [3.8, 4) is 0 Å². The molecule has 0 aromatic heterocycles. The zero-order valence-corrected chi connectivity index (χ0v) is 12.2. The lowest BCUT2D eigenvalue weighted by molar-refractivity contribution is -0.128. The summed E-state index contributed by atoms with van der Waals surface area (Å²) >= 11 is 0. The third kappa shape index (κ3) is 4.73. The van der Waals surface area contributed by atoms with Gasteiger partial charge in [-0.1, -0.05) is 0 Å². The van der Waals surface area contributed by atoms with Gasteiger partial charge >= 0.3 is 0 Å². The molecule has 1 rings (SSSR count). The van der Waals surface area contributed by atoms with E-state index < -0.39 is 11.5 Å². The Labute approximate surface area is 119 Å². The van der Waals surface area contributed by atoms with Crippen LogP contribution in [0.25, 0.3) is 0 Å². The number of hydrogen-bond donors (Lipinski definition) is 3. The lowest BCUT2D eigenvalue weighted by Crippen LogP contribution is -2.47. The maximum atomic E-state index is 11.9. The number of ether oxygens (including phenoxy) is 2. The summed E-state index contributed by atoms with van der Waals surface area (Å²) in [6.07, 6.45) is 1.88. The molecule has 0 aromatic carbocycles. The van der Waals surface area contributed by atoms with Crippen LogP contribution in [0.1, 0.15) is 19.3 Å². The fraction of sp³-hybridized carbons (Fsp3) is 0.846. The number of rotatable bonds is 10. The van der Waals surface area contributed by atoms with E-state index >= 15 is 0 Å². The molecule has 7 nitrogen and oxygen atoms in total. The molecule has 116 valence electrons. The second kappa shape index (κ2) is 8.18. The number of amides is 2. The minimum Gasteiger partial charge on any atom is -0.385 e. The summed E-state index contributed by atoms with van der Waals surface area (Å²) in [5, 5.41) is 5.50. The normalized spacial score (nSPS) is 24.2. The monoisotopic (exact) mass is 287 g/mol. The van der Waals surface area contributed by atoms with E-state index in [9.17, 15) is 9.59 Å². The summed E-state index contributed by atoms with van der Waals surface area (Å²) in [6.45, 7) is 2.22. The van der Waals surface area contributed by atoms with E-state index in [1.807, 2.05) is 0 Å². The average molecular weight is 287 g/mol. The Kier molecular flexibility index (Phi) is 6.90. The predicted octanol–water partition coefficient (Wildman–Crippen LogP) is -0.991. The Morgan fingerprint density at radius 2 is 1.70 bits per heavy atom. The summed E-state index contributed by atoms with van der Waals surface area (Å²) in [7, 11) is 3.22. The maximum Gasteiger partial charge on any atom is 0.240 e. The van der Waals surface area contributed by atoms with Crippen LogP contribution in [0.4, 0.5) is 0 Å². The van der Waals surface area contributed by atoms with Gasteiger partial charge in [-0.2, -0.15) is 0 Å². The van der Waals surface area contributed by atoms with Crippen LogP contribution in [-0.2, 0) is 19.1 Å². The topological polar surface area (TPSA) is 103 Å². The smallest absolute Gasteiger partial charge is 0.240 e. The van der Waals surface area contributed by atoms with Gasteiger partial charge in [0.2, 0.25) is 11.8 Å². The standard InChI is InChI=1S/C13H25N3O4/c1-19-7-3-5-15-11(17)10-9-13(10,14)12(18)16-6-4-8-20-2/h10H,3-9,14H2,1-2H3,(H,15,17)(H,16,18). The molecular formula is C13H25N3O4. The summed E-state index contributed by atoms with van der Waals surface area (Å²) in [5.74, 6) is -0.839. The van der Waals surface area contributed by atoms with Gasteiger partial charge in [0, 0.05) is 40.5 Å². The minimum atomic E-state index is -1.04. The number of carbonyl (C=O) groups is 2. The molecule has 1 fully saturated rings. The van der Waals surface area contributed by atoms with Gasteiger partial charge in [-0.3, -0.25) is 9.59 Å². The predicted molar refractivity (Wildman–Crippen MR) is 74.0 cm³/mol. The van der Waals surface area contributed by atoms with Crippen molar-refractivity contribution in [2.45, 2.75) is 24.8 Å². The van der Waals surface area contributed by atoms with E-state index in [-0.39, 0.29) is 11.8 Å². The summed E-state index contributed by atoms with van der Waals surface area (Å²) in [5.41, 5.74) is 4.91. The molecular weight excluding hydrogens is 262 g/mol. The fourth-order valence-corrected chi connectivity index (χ4v) is 1.99. The second-order valence-corrected chi connectivity index (χ2v) is 5.04. The number of nitrogens with two attached hydrogens (primary N) is 1. The van der Waals surface area contributed by atoms with Crippen LogP contribution in [0.15, 0.2) is 0 Å². The van der Waals surface area contributed by atoms with E-state index in [2.05, 4.69) is 10.6 Å². The highest BCUT2D eigenvalue weighted by molar-refractivity contribution is 5.99. The average Bonchev–Trinajstić information content (AvgIpc) is 3.13. The molecule has 0 saturated heterocycles. The maximum absolute atomic E-state index is 11.9. The van der Waals surface area contributed by atoms with Gasteiger partial charge in [-0.15, -0.1) is 0 Å². The zero-order chi connectivity index (χ0) is 15.0. The summed E-state index contributed by atoms with van der Waals surface area (Å²) in [6, 6.07) is 0. The quantitative estimate of drug-likeness (QED) is 0.448. The van der Waals surface area contributed by atoms with E-state index in [0.717, 1.165) is 12.8 Å². The highest BCUT2D eigenvalue weighted by Crippen LogP contribution is 2.41. The van der Waals surface area contributed by atoms with Gasteiger partial charge in [0.05, 0.1) is 5.92 Å². The number of carbonyl (C=O) groups excluding carboxylic acids is 2. The second-order valence-electron chi connectivity index (χ2n) is 5.04. The Bertz CT molecular complexity index is 338. The molecule has 20 heavy (non-hydrogen) atoms. The molecule has 1 saturated carbocycles. The van der Waals surface area contributed by atoms with Crippen LogP contribution in [-0.4, -0.2) is 57.9 Å². The van der Waals surface area contributed by atoms with E-state index in [1.165, 1.54) is 0 Å². The van der Waals surface area contributed by atoms with E-state index in [4.69, 9.17) is 15.2 Å². The highest BCUT2D eigenvalue weighted by atomic mass is 16.5. The molecule has 4 N–H and O–H groups in total. The molecule has 1 aliphatic carbocycles. The van der Waals surface area contributed by atoms with Crippen molar-refractivity contribution in [3.05, 3.63) is 0 Å². The number of methoxy groups -OCH3 is 2. The van der Waals surface area contributed by atoms with E-state index in [0.29, 0.717) is 32.7 Å². The number of hydrogen-bond acceptors (Lipinski definition) is 5. The SMILES string of the molecule is COCCCNC(=O)C1CC1(N)C(=O)NCCCOC. The van der Waals surface area contributed by atoms with Crippen molar-refractivity contribution in [1.82, 2.24) is 10.6 Å². The van der Waals surface area contributed by atoms with Gasteiger partial charge in [0.15, 0.2) is 0 Å². The lowest BCUT2D eigenvalue weighted by atomic mass is 10.2. The van der Waals surface area contributed by atoms with Crippen molar-refractivity contribution < 1.29 is 19.1 Å². The van der Waals surface area contributed by atoms with E-state index in [1.54, 1.807) is 14.2 Å². The van der Waals surface area contributed by atoms with Crippen molar-refractivity contribution in [1.29, 1.82) is 0 Å². The molecule has 0 spiro atoms. The largest absolute Gasteiger partial charge is 0.385 e. The fourth-order valence-electron chi connectivity index (χ4n) is 1.99. The molecule has 2 atom stereocenters. The van der Waals surface area contributed by atoms with Crippen molar-refractivity contribution in [2.24, 2.45) is 11.7 Å². The third-order valence-corrected chi connectivity index (χ3v) is 3.38. The molecule has 0 aliphatic heterocycles. The van der Waals surface area contributed by atoms with Crippen LogP contribution in [0.5, 0.6) is 0 Å². The Morgan fingerprint density at radius 3 is 2.25 bits per heavy atom. The van der Waals surface area contributed by atoms with Crippen molar-refractivity contribution in [3.63, 3.8) is 0 Å². The van der Waals surface area contributed by atoms with Gasteiger partial charge in [-0.05, 0) is 19.3 Å². The molecule has 0 aromatic rings. The molecule has 1 aliphatic rings. The first-order chi connectivity index (χ1) is 9.56. The molecule has 2 unspecified atom stereocenters. The molecule has 0 heterocycles. The summed E-state index contributed by atoms with van der Waals surface area (Å²) in [4.78, 5) is 23.7. The van der Waals surface area contributed by atoms with Gasteiger partial charge < -0.3 is 25.8 Å². The van der Waals surface area contributed by atoms with Gasteiger partial charge in [0.1, 0.15) is 5.54 Å². The van der Waals surface area contributed by atoms with Crippen LogP contribution < -0.4 is 16.4 Å². The van der Waals surface area contributed by atoms with Crippen LogP contribution in [0.3, 0.4) is 0 Å². The molecule has 0 bridgehead atoms.